The van der Waals surface area contributed by atoms with Crippen molar-refractivity contribution in [3.05, 3.63) is 53.9 Å². The van der Waals surface area contributed by atoms with E-state index in [-0.39, 0.29) is 11.9 Å². The monoisotopic (exact) mass is 355 g/mol. The maximum absolute atomic E-state index is 13.3. The summed E-state index contributed by atoms with van der Waals surface area (Å²) < 4.78 is 11.0. The van der Waals surface area contributed by atoms with Crippen LogP contribution in [-0.4, -0.2) is 42.6 Å². The summed E-state index contributed by atoms with van der Waals surface area (Å²) in [7, 11) is 1.59. The number of carbonyl (C=O) groups excluding carboxylic acids is 1. The summed E-state index contributed by atoms with van der Waals surface area (Å²) in [5.41, 5.74) is 7.16. The Labute approximate surface area is 153 Å². The van der Waals surface area contributed by atoms with E-state index in [4.69, 9.17) is 15.2 Å². The normalized spacial score (nSPS) is 17.0. The van der Waals surface area contributed by atoms with Crippen LogP contribution in [-0.2, 0) is 0 Å². The quantitative estimate of drug-likeness (QED) is 0.862. The number of pyridine rings is 1. The standard InChI is InChI=1S/C20H25N3O3/c1-25-16-7-8-17(19(13-16)26-12-9-21)20(24)23-11-3-2-6-18(23)15-5-4-10-22-14-15/h4-5,7-8,10,13-14,18H,2-3,6,9,11-12,21H2,1H3. The van der Waals surface area contributed by atoms with Crippen LogP contribution >= 0.6 is 0 Å². The molecule has 1 amide bonds. The van der Waals surface area contributed by atoms with Gasteiger partial charge in [-0.05, 0) is 43.0 Å². The van der Waals surface area contributed by atoms with Gasteiger partial charge in [0.1, 0.15) is 18.1 Å². The molecule has 1 aliphatic heterocycles. The molecule has 6 nitrogen and oxygen atoms in total. The zero-order chi connectivity index (χ0) is 18.4. The van der Waals surface area contributed by atoms with Gasteiger partial charge in [0.05, 0.1) is 18.7 Å². The SMILES string of the molecule is COc1ccc(C(=O)N2CCCCC2c2cccnc2)c(OCCN)c1. The fraction of sp³-hybridized carbons (Fsp3) is 0.400. The lowest BCUT2D eigenvalue weighted by Crippen LogP contribution is -2.38. The van der Waals surface area contributed by atoms with E-state index in [0.29, 0.717) is 30.2 Å². The summed E-state index contributed by atoms with van der Waals surface area (Å²) in [6.07, 6.45) is 6.63. The van der Waals surface area contributed by atoms with Gasteiger partial charge in [-0.25, -0.2) is 0 Å². The Morgan fingerprint density at radius 3 is 2.96 bits per heavy atom. The van der Waals surface area contributed by atoms with E-state index in [9.17, 15) is 4.79 Å². The van der Waals surface area contributed by atoms with Crippen molar-refractivity contribution in [2.75, 3.05) is 26.8 Å². The third-order valence-electron chi connectivity index (χ3n) is 4.63. The van der Waals surface area contributed by atoms with Gasteiger partial charge in [-0.2, -0.15) is 0 Å². The number of hydrogen-bond acceptors (Lipinski definition) is 5. The van der Waals surface area contributed by atoms with Crippen molar-refractivity contribution in [1.82, 2.24) is 9.88 Å². The fourth-order valence-electron chi connectivity index (χ4n) is 3.34. The van der Waals surface area contributed by atoms with Gasteiger partial charge >= 0.3 is 0 Å². The molecule has 1 unspecified atom stereocenters. The first-order valence-electron chi connectivity index (χ1n) is 8.96. The Hall–Kier alpha value is -2.60. The highest BCUT2D eigenvalue weighted by Crippen LogP contribution is 2.34. The fourth-order valence-corrected chi connectivity index (χ4v) is 3.34. The molecule has 3 rings (SSSR count). The van der Waals surface area contributed by atoms with Gasteiger partial charge < -0.3 is 20.1 Å². The van der Waals surface area contributed by atoms with E-state index < -0.39 is 0 Å². The third-order valence-corrected chi connectivity index (χ3v) is 4.63. The van der Waals surface area contributed by atoms with Crippen LogP contribution in [0.3, 0.4) is 0 Å². The average molecular weight is 355 g/mol. The van der Waals surface area contributed by atoms with Crippen molar-refractivity contribution in [2.24, 2.45) is 5.73 Å². The van der Waals surface area contributed by atoms with Gasteiger partial charge in [0, 0.05) is 31.5 Å². The summed E-state index contributed by atoms with van der Waals surface area (Å²) in [5.74, 6) is 1.12. The van der Waals surface area contributed by atoms with E-state index in [1.54, 1.807) is 31.5 Å². The number of nitrogens with zero attached hydrogens (tertiary/aromatic N) is 2. The highest BCUT2D eigenvalue weighted by Gasteiger charge is 2.30. The molecule has 6 heteroatoms. The molecule has 0 bridgehead atoms. The van der Waals surface area contributed by atoms with Gasteiger partial charge in [0.15, 0.2) is 0 Å². The van der Waals surface area contributed by atoms with Crippen molar-refractivity contribution in [1.29, 1.82) is 0 Å². The van der Waals surface area contributed by atoms with Gasteiger partial charge in [0.2, 0.25) is 0 Å². The number of aromatic nitrogens is 1. The number of piperidine rings is 1. The number of hydrogen-bond donors (Lipinski definition) is 1. The molecule has 0 saturated carbocycles. The highest BCUT2D eigenvalue weighted by atomic mass is 16.5. The largest absolute Gasteiger partial charge is 0.497 e. The third kappa shape index (κ3) is 3.96. The Balaban J connectivity index is 1.91. The van der Waals surface area contributed by atoms with Crippen molar-refractivity contribution in [2.45, 2.75) is 25.3 Å². The van der Waals surface area contributed by atoms with E-state index in [2.05, 4.69) is 4.98 Å². The van der Waals surface area contributed by atoms with Crippen LogP contribution in [0.2, 0.25) is 0 Å². The van der Waals surface area contributed by atoms with Gasteiger partial charge in [0.25, 0.3) is 5.91 Å². The molecular formula is C20H25N3O3. The zero-order valence-corrected chi connectivity index (χ0v) is 15.1. The highest BCUT2D eigenvalue weighted by molar-refractivity contribution is 5.97. The van der Waals surface area contributed by atoms with Crippen molar-refractivity contribution >= 4 is 5.91 Å². The van der Waals surface area contributed by atoms with E-state index in [0.717, 1.165) is 31.4 Å². The van der Waals surface area contributed by atoms with Gasteiger partial charge in [-0.1, -0.05) is 6.07 Å². The molecule has 0 spiro atoms. The molecule has 0 radical (unpaired) electrons. The summed E-state index contributed by atoms with van der Waals surface area (Å²) in [6.45, 7) is 1.45. The van der Waals surface area contributed by atoms with Gasteiger partial charge in [-0.3, -0.25) is 9.78 Å². The van der Waals surface area contributed by atoms with Crippen LogP contribution in [0.25, 0.3) is 0 Å². The second kappa shape index (κ2) is 8.67. The molecule has 1 atom stereocenters. The van der Waals surface area contributed by atoms with Crippen LogP contribution in [0.4, 0.5) is 0 Å². The number of likely N-dealkylation sites (tertiary alicyclic amines) is 1. The summed E-state index contributed by atoms with van der Waals surface area (Å²) >= 11 is 0. The first kappa shape index (κ1) is 18.2. The average Bonchev–Trinajstić information content (AvgIpc) is 2.72. The molecule has 2 N–H and O–H groups in total. The van der Waals surface area contributed by atoms with Crippen LogP contribution in [0.1, 0.15) is 41.2 Å². The number of methoxy groups -OCH3 is 1. The molecule has 2 aromatic rings. The maximum atomic E-state index is 13.3. The second-order valence-corrected chi connectivity index (χ2v) is 6.30. The second-order valence-electron chi connectivity index (χ2n) is 6.30. The predicted octanol–water partition coefficient (Wildman–Crippen LogP) is 2.80. The minimum Gasteiger partial charge on any atom is -0.497 e. The molecule has 1 fully saturated rings. The van der Waals surface area contributed by atoms with Crippen LogP contribution in [0.5, 0.6) is 11.5 Å². The van der Waals surface area contributed by atoms with Crippen molar-refractivity contribution in [3.63, 3.8) is 0 Å². The number of carbonyl (C=O) groups is 1. The number of amides is 1. The Bertz CT molecular complexity index is 736. The molecule has 2 heterocycles. The Morgan fingerprint density at radius 2 is 2.23 bits per heavy atom. The lowest BCUT2D eigenvalue weighted by atomic mass is 9.95. The van der Waals surface area contributed by atoms with Gasteiger partial charge in [-0.15, -0.1) is 0 Å². The Kier molecular flexibility index (Phi) is 6.07. The number of nitrogens with two attached hydrogens (primary N) is 1. The maximum Gasteiger partial charge on any atom is 0.258 e. The minimum atomic E-state index is -0.0340. The predicted molar refractivity (Wildman–Crippen MR) is 99.4 cm³/mol. The summed E-state index contributed by atoms with van der Waals surface area (Å²) in [4.78, 5) is 19.5. The molecule has 138 valence electrons. The summed E-state index contributed by atoms with van der Waals surface area (Å²) in [5, 5.41) is 0. The Morgan fingerprint density at radius 1 is 1.35 bits per heavy atom. The molecule has 1 aliphatic rings. The smallest absolute Gasteiger partial charge is 0.258 e. The zero-order valence-electron chi connectivity index (χ0n) is 15.1. The van der Waals surface area contributed by atoms with Crippen molar-refractivity contribution < 1.29 is 14.3 Å². The van der Waals surface area contributed by atoms with Crippen LogP contribution in [0.15, 0.2) is 42.7 Å². The van der Waals surface area contributed by atoms with E-state index in [1.807, 2.05) is 23.2 Å². The number of benzene rings is 1. The molecular weight excluding hydrogens is 330 g/mol. The van der Waals surface area contributed by atoms with E-state index in [1.165, 1.54) is 0 Å². The van der Waals surface area contributed by atoms with Crippen LogP contribution in [0, 0.1) is 0 Å². The molecule has 26 heavy (non-hydrogen) atoms. The minimum absolute atomic E-state index is 0.0340. The topological polar surface area (TPSA) is 77.7 Å². The van der Waals surface area contributed by atoms with E-state index >= 15 is 0 Å². The molecule has 0 aliphatic carbocycles. The van der Waals surface area contributed by atoms with Crippen LogP contribution < -0.4 is 15.2 Å². The number of rotatable bonds is 6. The molecule has 1 aromatic heterocycles. The lowest BCUT2D eigenvalue weighted by molar-refractivity contribution is 0.0607. The van der Waals surface area contributed by atoms with Crippen molar-refractivity contribution in [3.8, 4) is 11.5 Å². The first-order chi connectivity index (χ1) is 12.7. The first-order valence-corrected chi connectivity index (χ1v) is 8.96. The molecule has 1 saturated heterocycles. The lowest BCUT2D eigenvalue weighted by Gasteiger charge is -2.36. The number of ether oxygens (including phenoxy) is 2. The molecule has 1 aromatic carbocycles. The summed E-state index contributed by atoms with van der Waals surface area (Å²) in [6, 6.07) is 9.27.